The Morgan fingerprint density at radius 3 is 2.67 bits per heavy atom. The average molecular weight is 226 g/mol. The second-order valence-electron chi connectivity index (χ2n) is 1.85. The van der Waals surface area contributed by atoms with Crippen LogP contribution in [0, 0.1) is 0 Å². The van der Waals surface area contributed by atoms with Gasteiger partial charge in [0.25, 0.3) is 10.0 Å². The van der Waals surface area contributed by atoms with E-state index in [-0.39, 0.29) is 4.88 Å². The van der Waals surface area contributed by atoms with E-state index in [0.717, 1.165) is 11.3 Å². The first kappa shape index (κ1) is 9.66. The molecule has 0 aromatic carbocycles. The van der Waals surface area contributed by atoms with Crippen molar-refractivity contribution in [3.63, 3.8) is 0 Å². The predicted molar refractivity (Wildman–Crippen MR) is 46.6 cm³/mol. The van der Waals surface area contributed by atoms with Gasteiger partial charge in [-0.1, -0.05) is 6.07 Å². The van der Waals surface area contributed by atoms with Gasteiger partial charge in [0.15, 0.2) is 0 Å². The maximum atomic E-state index is 11.0. The average Bonchev–Trinajstić information content (AvgIpc) is 2.55. The highest BCUT2D eigenvalue weighted by molar-refractivity contribution is 8.06. The number of sulfonamides is 1. The summed E-state index contributed by atoms with van der Waals surface area (Å²) < 4.78 is 23.1. The SMILES string of the molecule is O=C(c1cccs1)S(=O)(=O)NCl. The highest BCUT2D eigenvalue weighted by Gasteiger charge is 2.23. The van der Waals surface area contributed by atoms with Crippen LogP contribution in [0.25, 0.3) is 0 Å². The Bertz CT molecular complexity index is 369. The van der Waals surface area contributed by atoms with E-state index in [2.05, 4.69) is 0 Å². The molecular weight excluding hydrogens is 222 g/mol. The summed E-state index contributed by atoms with van der Waals surface area (Å²) in [6.07, 6.45) is 0. The molecule has 0 unspecified atom stereocenters. The van der Waals surface area contributed by atoms with Gasteiger partial charge in [-0.25, -0.2) is 8.42 Å². The quantitative estimate of drug-likeness (QED) is 0.763. The molecule has 12 heavy (non-hydrogen) atoms. The second-order valence-corrected chi connectivity index (χ2v) is 4.79. The normalized spacial score (nSPS) is 11.4. The second kappa shape index (κ2) is 3.53. The van der Waals surface area contributed by atoms with Crippen molar-refractivity contribution in [1.82, 2.24) is 4.24 Å². The van der Waals surface area contributed by atoms with E-state index in [9.17, 15) is 13.2 Å². The van der Waals surface area contributed by atoms with Crippen LogP contribution in [-0.4, -0.2) is 13.5 Å². The van der Waals surface area contributed by atoms with E-state index in [1.165, 1.54) is 10.3 Å². The lowest BCUT2D eigenvalue weighted by Gasteiger charge is -1.94. The van der Waals surface area contributed by atoms with Crippen molar-refractivity contribution in [1.29, 1.82) is 0 Å². The molecule has 7 heteroatoms. The van der Waals surface area contributed by atoms with Crippen LogP contribution in [0.15, 0.2) is 17.5 Å². The minimum atomic E-state index is -4.03. The zero-order valence-corrected chi connectivity index (χ0v) is 8.04. The van der Waals surface area contributed by atoms with Crippen LogP contribution in [0.2, 0.25) is 0 Å². The van der Waals surface area contributed by atoms with Crippen molar-refractivity contribution in [2.75, 3.05) is 0 Å². The van der Waals surface area contributed by atoms with Gasteiger partial charge in [-0.05, 0) is 23.2 Å². The zero-order valence-electron chi connectivity index (χ0n) is 5.65. The summed E-state index contributed by atoms with van der Waals surface area (Å²) in [6, 6.07) is 3.00. The summed E-state index contributed by atoms with van der Waals surface area (Å²) in [4.78, 5) is 11.2. The minimum Gasteiger partial charge on any atom is -0.274 e. The molecule has 0 spiro atoms. The van der Waals surface area contributed by atoms with Gasteiger partial charge in [0, 0.05) is 0 Å². The van der Waals surface area contributed by atoms with Crippen molar-refractivity contribution >= 4 is 38.3 Å². The molecule has 0 aliphatic rings. The number of thiophene rings is 1. The molecular formula is C5H4ClNO3S2. The van der Waals surface area contributed by atoms with Crippen molar-refractivity contribution in [3.8, 4) is 0 Å². The van der Waals surface area contributed by atoms with E-state index < -0.39 is 15.1 Å². The van der Waals surface area contributed by atoms with Gasteiger partial charge in [-0.3, -0.25) is 4.79 Å². The van der Waals surface area contributed by atoms with Crippen LogP contribution < -0.4 is 4.24 Å². The fourth-order valence-corrected chi connectivity index (χ4v) is 2.21. The number of nitrogens with one attached hydrogen (secondary N) is 1. The summed E-state index contributed by atoms with van der Waals surface area (Å²) in [5, 5.41) is 0.601. The molecule has 0 atom stereocenters. The zero-order chi connectivity index (χ0) is 9.19. The summed E-state index contributed by atoms with van der Waals surface area (Å²) in [5.41, 5.74) is 0. The van der Waals surface area contributed by atoms with Crippen molar-refractivity contribution in [2.24, 2.45) is 0 Å². The molecule has 1 N–H and O–H groups in total. The van der Waals surface area contributed by atoms with Gasteiger partial charge in [0.1, 0.15) is 0 Å². The van der Waals surface area contributed by atoms with Crippen LogP contribution in [0.4, 0.5) is 0 Å². The van der Waals surface area contributed by atoms with Crippen LogP contribution in [0.3, 0.4) is 0 Å². The smallest absolute Gasteiger partial charge is 0.274 e. The summed E-state index contributed by atoms with van der Waals surface area (Å²) >= 11 is 5.90. The maximum Gasteiger partial charge on any atom is 0.302 e. The van der Waals surface area contributed by atoms with Gasteiger partial charge < -0.3 is 0 Å². The third-order valence-corrected chi connectivity index (χ3v) is 3.59. The monoisotopic (exact) mass is 225 g/mol. The van der Waals surface area contributed by atoms with Gasteiger partial charge in [0.2, 0.25) is 0 Å². The first-order valence-corrected chi connectivity index (χ1v) is 5.52. The molecule has 0 aliphatic carbocycles. The third-order valence-electron chi connectivity index (χ3n) is 1.07. The van der Waals surface area contributed by atoms with Gasteiger partial charge >= 0.3 is 5.12 Å². The molecule has 0 radical (unpaired) electrons. The lowest BCUT2D eigenvalue weighted by atomic mass is 10.5. The first-order valence-electron chi connectivity index (χ1n) is 2.78. The largest absolute Gasteiger partial charge is 0.302 e. The van der Waals surface area contributed by atoms with Gasteiger partial charge in [-0.15, -0.1) is 15.6 Å². The number of hydrogen-bond acceptors (Lipinski definition) is 4. The van der Waals surface area contributed by atoms with Crippen LogP contribution in [-0.2, 0) is 10.0 Å². The van der Waals surface area contributed by atoms with E-state index in [1.54, 1.807) is 11.4 Å². The Labute approximate surface area is 78.3 Å². The van der Waals surface area contributed by atoms with E-state index in [0.29, 0.717) is 0 Å². The van der Waals surface area contributed by atoms with Crippen molar-refractivity contribution in [3.05, 3.63) is 22.4 Å². The summed E-state index contributed by atoms with van der Waals surface area (Å²) in [5.74, 6) is 0. The Kier molecular flexibility index (Phi) is 2.84. The number of rotatable bonds is 2. The van der Waals surface area contributed by atoms with Crippen molar-refractivity contribution in [2.45, 2.75) is 0 Å². The molecule has 0 saturated heterocycles. The molecule has 1 aromatic rings. The molecule has 0 amide bonds. The Morgan fingerprint density at radius 1 is 1.58 bits per heavy atom. The topological polar surface area (TPSA) is 63.2 Å². The van der Waals surface area contributed by atoms with Crippen LogP contribution in [0.1, 0.15) is 9.67 Å². The van der Waals surface area contributed by atoms with Gasteiger partial charge in [0.05, 0.1) is 4.88 Å². The first-order chi connectivity index (χ1) is 5.58. The molecule has 0 aliphatic heterocycles. The minimum absolute atomic E-state index is 0.142. The van der Waals surface area contributed by atoms with E-state index in [4.69, 9.17) is 11.8 Å². The third kappa shape index (κ3) is 1.84. The molecule has 0 fully saturated rings. The standard InChI is InChI=1S/C5H4ClNO3S2/c6-7-12(9,10)5(8)4-2-1-3-11-4/h1-3,7H. The fourth-order valence-electron chi connectivity index (χ4n) is 0.562. The summed E-state index contributed by atoms with van der Waals surface area (Å²) in [7, 11) is -4.03. The van der Waals surface area contributed by atoms with E-state index in [1.807, 2.05) is 0 Å². The lowest BCUT2D eigenvalue weighted by molar-refractivity contribution is 0.107. The molecule has 1 heterocycles. The van der Waals surface area contributed by atoms with Gasteiger partial charge in [-0.2, -0.15) is 0 Å². The molecule has 0 bridgehead atoms. The number of carbonyl (C=O) groups is 1. The molecule has 1 rings (SSSR count). The van der Waals surface area contributed by atoms with Crippen LogP contribution >= 0.6 is 23.1 Å². The number of hydrogen-bond donors (Lipinski definition) is 1. The van der Waals surface area contributed by atoms with E-state index >= 15 is 0 Å². The predicted octanol–water partition coefficient (Wildman–Crippen LogP) is 0.962. The molecule has 4 nitrogen and oxygen atoms in total. The van der Waals surface area contributed by atoms with Crippen LogP contribution in [0.5, 0.6) is 0 Å². The Morgan fingerprint density at radius 2 is 2.25 bits per heavy atom. The number of halogens is 1. The number of carbonyl (C=O) groups excluding carboxylic acids is 1. The molecule has 1 aromatic heterocycles. The Hall–Kier alpha value is -0.430. The molecule has 66 valence electrons. The van der Waals surface area contributed by atoms with Crippen molar-refractivity contribution < 1.29 is 13.2 Å². The fraction of sp³-hybridized carbons (Fsp3) is 0. The summed E-state index contributed by atoms with van der Waals surface area (Å²) in [6.45, 7) is 0. The highest BCUT2D eigenvalue weighted by atomic mass is 35.5. The maximum absolute atomic E-state index is 11.0. The lowest BCUT2D eigenvalue weighted by Crippen LogP contribution is -2.23. The Balaban J connectivity index is 3.03. The highest BCUT2D eigenvalue weighted by Crippen LogP contribution is 2.12. The molecule has 0 saturated carbocycles.